The third kappa shape index (κ3) is 5.52. The molecule has 2 aromatic rings. The van der Waals surface area contributed by atoms with Crippen LogP contribution in [0.25, 0.3) is 0 Å². The van der Waals surface area contributed by atoms with E-state index in [0.717, 1.165) is 23.6 Å². The van der Waals surface area contributed by atoms with E-state index in [1.807, 2.05) is 54.6 Å². The first-order valence-electron chi connectivity index (χ1n) is 8.03. The first-order valence-corrected chi connectivity index (χ1v) is 8.40. The van der Waals surface area contributed by atoms with Crippen LogP contribution in [-0.2, 0) is 4.79 Å². The van der Waals surface area contributed by atoms with Crippen LogP contribution in [0.3, 0.4) is 0 Å². The van der Waals surface area contributed by atoms with Crippen LogP contribution in [0.2, 0.25) is 5.02 Å². The fourth-order valence-electron chi connectivity index (χ4n) is 2.58. The van der Waals surface area contributed by atoms with E-state index in [0.29, 0.717) is 11.6 Å². The molecule has 128 valence electrons. The summed E-state index contributed by atoms with van der Waals surface area (Å²) in [5.74, 6) is 0.776. The van der Waals surface area contributed by atoms with Gasteiger partial charge in [-0.1, -0.05) is 54.1 Å². The van der Waals surface area contributed by atoms with Crippen LogP contribution in [0.1, 0.15) is 30.0 Å². The van der Waals surface area contributed by atoms with Gasteiger partial charge >= 0.3 is 0 Å². The predicted molar refractivity (Wildman–Crippen MR) is 101 cm³/mol. The zero-order valence-corrected chi connectivity index (χ0v) is 14.9. The molecule has 1 atom stereocenters. The van der Waals surface area contributed by atoms with E-state index in [-0.39, 0.29) is 24.4 Å². The largest absolute Gasteiger partial charge is 0.344 e. The fourth-order valence-corrected chi connectivity index (χ4v) is 2.71. The maximum atomic E-state index is 12.3. The van der Waals surface area contributed by atoms with E-state index in [4.69, 9.17) is 11.6 Å². The summed E-state index contributed by atoms with van der Waals surface area (Å²) in [5.41, 5.74) is 2.08. The summed E-state index contributed by atoms with van der Waals surface area (Å²) in [6.45, 7) is 1.29. The molecule has 24 heavy (non-hydrogen) atoms. The van der Waals surface area contributed by atoms with Crippen LogP contribution in [0.4, 0.5) is 0 Å². The van der Waals surface area contributed by atoms with Gasteiger partial charge in [0.15, 0.2) is 0 Å². The number of rotatable bonds is 7. The van der Waals surface area contributed by atoms with Crippen LogP contribution in [-0.4, -0.2) is 19.0 Å². The van der Waals surface area contributed by atoms with Crippen molar-refractivity contribution in [3.8, 4) is 0 Å². The first-order chi connectivity index (χ1) is 11.2. The smallest absolute Gasteiger partial charge is 0.234 e. The van der Waals surface area contributed by atoms with Gasteiger partial charge in [0.2, 0.25) is 5.91 Å². The Morgan fingerprint density at radius 1 is 1.04 bits per heavy atom. The lowest BCUT2D eigenvalue weighted by molar-refractivity contribution is -0.120. The first kappa shape index (κ1) is 18.8. The van der Waals surface area contributed by atoms with E-state index >= 15 is 0 Å². The second kappa shape index (κ2) is 9.07. The number of amides is 1. The number of nitrogens with one attached hydrogen (secondary N) is 2. The minimum atomic E-state index is -0.163. The van der Waals surface area contributed by atoms with E-state index in [1.54, 1.807) is 0 Å². The van der Waals surface area contributed by atoms with Gasteiger partial charge in [-0.3, -0.25) is 4.79 Å². The summed E-state index contributed by atoms with van der Waals surface area (Å²) in [5, 5.41) is 7.04. The van der Waals surface area contributed by atoms with Crippen molar-refractivity contribution in [3.63, 3.8) is 0 Å². The molecule has 0 bridgehead atoms. The quantitative estimate of drug-likeness (QED) is 0.780. The van der Waals surface area contributed by atoms with Crippen molar-refractivity contribution in [2.75, 3.05) is 13.1 Å². The van der Waals surface area contributed by atoms with Gasteiger partial charge in [0.1, 0.15) is 0 Å². The molecule has 0 heterocycles. The van der Waals surface area contributed by atoms with Crippen molar-refractivity contribution in [2.24, 2.45) is 5.92 Å². The van der Waals surface area contributed by atoms with Crippen molar-refractivity contribution < 1.29 is 4.79 Å². The van der Waals surface area contributed by atoms with Crippen molar-refractivity contribution in [2.45, 2.75) is 18.9 Å². The number of hydrogen-bond donors (Lipinski definition) is 2. The zero-order valence-electron chi connectivity index (χ0n) is 13.4. The fraction of sp³-hybridized carbons (Fsp3) is 0.316. The molecule has 5 heteroatoms. The Morgan fingerprint density at radius 2 is 1.67 bits per heavy atom. The van der Waals surface area contributed by atoms with Crippen molar-refractivity contribution in [3.05, 3.63) is 70.7 Å². The lowest BCUT2D eigenvalue weighted by atomic mass is 9.98. The van der Waals surface area contributed by atoms with Gasteiger partial charge in [0.05, 0.1) is 12.6 Å². The van der Waals surface area contributed by atoms with Gasteiger partial charge < -0.3 is 10.6 Å². The maximum Gasteiger partial charge on any atom is 0.234 e. The highest BCUT2D eigenvalue weighted by molar-refractivity contribution is 6.30. The summed E-state index contributed by atoms with van der Waals surface area (Å²) in [6.07, 6.45) is 2.57. The van der Waals surface area contributed by atoms with Gasteiger partial charge in [-0.25, -0.2) is 0 Å². The third-order valence-corrected chi connectivity index (χ3v) is 4.31. The molecule has 0 aliphatic heterocycles. The highest BCUT2D eigenvalue weighted by Crippen LogP contribution is 2.27. The van der Waals surface area contributed by atoms with Crippen LogP contribution < -0.4 is 10.6 Å². The minimum Gasteiger partial charge on any atom is -0.344 e. The minimum absolute atomic E-state index is 0. The topological polar surface area (TPSA) is 41.1 Å². The Hall–Kier alpha value is -1.55. The summed E-state index contributed by atoms with van der Waals surface area (Å²) in [4.78, 5) is 12.3. The molecule has 2 N–H and O–H groups in total. The second-order valence-electron chi connectivity index (χ2n) is 6.04. The van der Waals surface area contributed by atoms with Crippen LogP contribution in [0.15, 0.2) is 54.6 Å². The second-order valence-corrected chi connectivity index (χ2v) is 6.47. The normalized spacial score (nSPS) is 14.5. The summed E-state index contributed by atoms with van der Waals surface area (Å²) < 4.78 is 0. The maximum absolute atomic E-state index is 12.3. The molecule has 1 fully saturated rings. The summed E-state index contributed by atoms with van der Waals surface area (Å²) in [7, 11) is 0. The monoisotopic (exact) mass is 364 g/mol. The molecule has 3 rings (SSSR count). The molecule has 0 saturated heterocycles. The van der Waals surface area contributed by atoms with Crippen molar-refractivity contribution in [1.29, 1.82) is 0 Å². The molecule has 3 nitrogen and oxygen atoms in total. The van der Waals surface area contributed by atoms with Gasteiger partial charge in [0.25, 0.3) is 0 Å². The molecular weight excluding hydrogens is 343 g/mol. The molecule has 1 amide bonds. The highest BCUT2D eigenvalue weighted by Gasteiger charge is 2.21. The molecule has 1 saturated carbocycles. The van der Waals surface area contributed by atoms with E-state index in [9.17, 15) is 4.79 Å². The van der Waals surface area contributed by atoms with Crippen LogP contribution in [0, 0.1) is 5.92 Å². The number of benzene rings is 2. The molecule has 1 aliphatic carbocycles. The molecule has 0 aromatic heterocycles. The number of carbonyl (C=O) groups excluding carboxylic acids is 1. The molecule has 0 spiro atoms. The van der Waals surface area contributed by atoms with E-state index < -0.39 is 0 Å². The van der Waals surface area contributed by atoms with Crippen LogP contribution >= 0.6 is 24.0 Å². The number of carbonyl (C=O) groups is 1. The summed E-state index contributed by atoms with van der Waals surface area (Å²) >= 11 is 5.97. The average Bonchev–Trinajstić information content (AvgIpc) is 3.39. The van der Waals surface area contributed by atoms with E-state index in [2.05, 4.69) is 10.6 Å². The Kier molecular flexibility index (Phi) is 7.10. The highest BCUT2D eigenvalue weighted by atomic mass is 35.5. The van der Waals surface area contributed by atoms with E-state index in [1.165, 1.54) is 12.8 Å². The molecular formula is C19H22Cl2N2O. The molecule has 1 unspecified atom stereocenters. The third-order valence-electron chi connectivity index (χ3n) is 4.06. The Labute approximate surface area is 154 Å². The zero-order chi connectivity index (χ0) is 16.1. The SMILES string of the molecule is Cl.O=C(CNCC1CC1)NC(c1ccccc1)c1ccc(Cl)cc1. The predicted octanol–water partition coefficient (Wildman–Crippen LogP) is 3.97. The lowest BCUT2D eigenvalue weighted by Gasteiger charge is -2.20. The van der Waals surface area contributed by atoms with Crippen molar-refractivity contribution >= 4 is 29.9 Å². The van der Waals surface area contributed by atoms with Gasteiger partial charge in [-0.2, -0.15) is 0 Å². The molecule has 2 aromatic carbocycles. The Balaban J connectivity index is 0.00000208. The van der Waals surface area contributed by atoms with Crippen molar-refractivity contribution in [1.82, 2.24) is 10.6 Å². The Morgan fingerprint density at radius 3 is 2.29 bits per heavy atom. The average molecular weight is 365 g/mol. The van der Waals surface area contributed by atoms with Gasteiger partial charge in [0, 0.05) is 5.02 Å². The lowest BCUT2D eigenvalue weighted by Crippen LogP contribution is -2.37. The van der Waals surface area contributed by atoms with Crippen LogP contribution in [0.5, 0.6) is 0 Å². The summed E-state index contributed by atoms with van der Waals surface area (Å²) in [6, 6.07) is 17.4. The number of halogens is 2. The Bertz CT molecular complexity index is 642. The number of hydrogen-bond acceptors (Lipinski definition) is 2. The standard InChI is InChI=1S/C19H21ClN2O.ClH/c20-17-10-8-16(9-11-17)19(15-4-2-1-3-5-15)22-18(23)13-21-12-14-6-7-14;/h1-5,8-11,14,19,21H,6-7,12-13H2,(H,22,23);1H. The van der Waals surface area contributed by atoms with Gasteiger partial charge in [-0.15, -0.1) is 12.4 Å². The molecule has 1 aliphatic rings. The van der Waals surface area contributed by atoms with Gasteiger partial charge in [-0.05, 0) is 48.6 Å². The molecule has 0 radical (unpaired) electrons.